The van der Waals surface area contributed by atoms with Gasteiger partial charge >= 0.3 is 0 Å². The summed E-state index contributed by atoms with van der Waals surface area (Å²) >= 11 is 1.47. The highest BCUT2D eigenvalue weighted by molar-refractivity contribution is 7.09. The van der Waals surface area contributed by atoms with Gasteiger partial charge in [0.05, 0.1) is 5.01 Å². The Bertz CT molecular complexity index is 1140. The number of hydrogen-bond donors (Lipinski definition) is 1. The van der Waals surface area contributed by atoms with E-state index in [9.17, 15) is 14.0 Å². The van der Waals surface area contributed by atoms with E-state index in [0.717, 1.165) is 29.0 Å². The number of thiazole rings is 1. The van der Waals surface area contributed by atoms with Crippen molar-refractivity contribution >= 4 is 23.2 Å². The van der Waals surface area contributed by atoms with Gasteiger partial charge in [0, 0.05) is 42.4 Å². The maximum atomic E-state index is 13.0. The molecule has 0 unspecified atom stereocenters. The Morgan fingerprint density at radius 3 is 2.53 bits per heavy atom. The van der Waals surface area contributed by atoms with Crippen molar-refractivity contribution in [2.45, 2.75) is 25.3 Å². The van der Waals surface area contributed by atoms with Gasteiger partial charge in [-0.25, -0.2) is 9.37 Å². The largest absolute Gasteiger partial charge is 0.347 e. The fourth-order valence-corrected chi connectivity index (χ4v) is 4.48. The number of hydrogen-bond acceptors (Lipinski definition) is 4. The summed E-state index contributed by atoms with van der Waals surface area (Å²) in [6, 6.07) is 15.5. The molecule has 0 saturated carbocycles. The zero-order valence-corrected chi connectivity index (χ0v) is 18.2. The zero-order chi connectivity index (χ0) is 22.3. The summed E-state index contributed by atoms with van der Waals surface area (Å²) in [4.78, 5) is 31.1. The highest BCUT2D eigenvalue weighted by Gasteiger charge is 2.25. The van der Waals surface area contributed by atoms with Crippen molar-refractivity contribution in [1.82, 2.24) is 15.2 Å². The van der Waals surface area contributed by atoms with Crippen molar-refractivity contribution in [3.8, 4) is 11.8 Å². The predicted molar refractivity (Wildman–Crippen MR) is 122 cm³/mol. The Morgan fingerprint density at radius 2 is 1.81 bits per heavy atom. The minimum absolute atomic E-state index is 0.160. The van der Waals surface area contributed by atoms with Gasteiger partial charge in [-0.2, -0.15) is 0 Å². The van der Waals surface area contributed by atoms with Gasteiger partial charge in [-0.3, -0.25) is 9.59 Å². The topological polar surface area (TPSA) is 62.3 Å². The van der Waals surface area contributed by atoms with E-state index in [0.29, 0.717) is 25.3 Å². The van der Waals surface area contributed by atoms with E-state index in [1.54, 1.807) is 22.4 Å². The molecule has 7 heteroatoms. The maximum absolute atomic E-state index is 13.0. The Balaban J connectivity index is 1.28. The molecule has 0 atom stereocenters. The van der Waals surface area contributed by atoms with Gasteiger partial charge in [0.1, 0.15) is 11.5 Å². The molecule has 0 bridgehead atoms. The number of benzene rings is 2. The van der Waals surface area contributed by atoms with Crippen LogP contribution >= 0.6 is 11.3 Å². The Morgan fingerprint density at radius 1 is 1.09 bits per heavy atom. The number of halogens is 1. The van der Waals surface area contributed by atoms with Crippen molar-refractivity contribution in [2.75, 3.05) is 13.1 Å². The minimum atomic E-state index is -0.305. The minimum Gasteiger partial charge on any atom is -0.347 e. The number of nitrogens with one attached hydrogen (secondary N) is 1. The molecule has 1 aromatic heterocycles. The van der Waals surface area contributed by atoms with Crippen LogP contribution in [0.25, 0.3) is 0 Å². The van der Waals surface area contributed by atoms with E-state index in [-0.39, 0.29) is 23.5 Å². The summed E-state index contributed by atoms with van der Waals surface area (Å²) in [5.41, 5.74) is 2.03. The first-order valence-electron chi connectivity index (χ1n) is 10.4. The molecule has 2 amide bonds. The zero-order valence-electron chi connectivity index (χ0n) is 17.4. The smallest absolute Gasteiger partial charge is 0.298 e. The van der Waals surface area contributed by atoms with Gasteiger partial charge in [-0.05, 0) is 42.7 Å². The van der Waals surface area contributed by atoms with E-state index in [4.69, 9.17) is 0 Å². The first-order chi connectivity index (χ1) is 15.6. The molecular formula is C25H22FN3O2S. The van der Waals surface area contributed by atoms with Crippen LogP contribution in [-0.4, -0.2) is 34.8 Å². The summed E-state index contributed by atoms with van der Waals surface area (Å²) < 4.78 is 13.0. The number of amides is 2. The number of piperidine rings is 1. The van der Waals surface area contributed by atoms with Gasteiger partial charge < -0.3 is 10.2 Å². The Labute approximate surface area is 190 Å². The summed E-state index contributed by atoms with van der Waals surface area (Å²) in [5, 5.41) is 5.49. The Kier molecular flexibility index (Phi) is 6.93. The second-order valence-corrected chi connectivity index (χ2v) is 8.45. The lowest BCUT2D eigenvalue weighted by Crippen LogP contribution is -2.37. The quantitative estimate of drug-likeness (QED) is 0.616. The molecule has 162 valence electrons. The lowest BCUT2D eigenvalue weighted by atomic mass is 9.97. The van der Waals surface area contributed by atoms with Crippen molar-refractivity contribution in [1.29, 1.82) is 0 Å². The third-order valence-electron chi connectivity index (χ3n) is 5.34. The molecule has 0 aliphatic carbocycles. The monoisotopic (exact) mass is 447 g/mol. The summed E-state index contributed by atoms with van der Waals surface area (Å²) in [6.45, 7) is 1.56. The first kappa shape index (κ1) is 21.7. The van der Waals surface area contributed by atoms with Crippen molar-refractivity contribution in [2.24, 2.45) is 0 Å². The van der Waals surface area contributed by atoms with E-state index in [1.165, 1.54) is 23.5 Å². The second-order valence-electron chi connectivity index (χ2n) is 7.56. The van der Waals surface area contributed by atoms with Gasteiger partial charge in [0.2, 0.25) is 0 Å². The molecule has 32 heavy (non-hydrogen) atoms. The molecule has 1 aliphatic heterocycles. The van der Waals surface area contributed by atoms with Gasteiger partial charge in [0.25, 0.3) is 11.8 Å². The summed E-state index contributed by atoms with van der Waals surface area (Å²) in [6.07, 6.45) is 1.59. The summed E-state index contributed by atoms with van der Waals surface area (Å²) in [7, 11) is 0. The van der Waals surface area contributed by atoms with E-state index < -0.39 is 0 Å². The summed E-state index contributed by atoms with van der Waals surface area (Å²) in [5.74, 6) is 5.15. The van der Waals surface area contributed by atoms with E-state index >= 15 is 0 Å². The number of likely N-dealkylation sites (tertiary alicyclic amines) is 1. The molecule has 1 aliphatic rings. The molecule has 4 rings (SSSR count). The van der Waals surface area contributed by atoms with Crippen LogP contribution in [0.2, 0.25) is 0 Å². The van der Waals surface area contributed by atoms with Crippen LogP contribution in [0.4, 0.5) is 4.39 Å². The third-order valence-corrected chi connectivity index (χ3v) is 6.35. The SMILES string of the molecule is O=C(NCc1ccc(F)cc1)c1csc(C2CCN(C(=O)C#Cc3ccccc3)CC2)n1. The lowest BCUT2D eigenvalue weighted by molar-refractivity contribution is -0.126. The van der Waals surface area contributed by atoms with Crippen molar-refractivity contribution in [3.05, 3.63) is 87.6 Å². The molecule has 0 spiro atoms. The second kappa shape index (κ2) is 10.2. The average Bonchev–Trinajstić information content (AvgIpc) is 3.33. The van der Waals surface area contributed by atoms with E-state index in [2.05, 4.69) is 22.1 Å². The van der Waals surface area contributed by atoms with Crippen LogP contribution < -0.4 is 5.32 Å². The van der Waals surface area contributed by atoms with Crippen LogP contribution in [0.3, 0.4) is 0 Å². The maximum Gasteiger partial charge on any atom is 0.298 e. The molecule has 0 radical (unpaired) electrons. The van der Waals surface area contributed by atoms with Crippen LogP contribution in [0.5, 0.6) is 0 Å². The van der Waals surface area contributed by atoms with Crippen molar-refractivity contribution in [3.63, 3.8) is 0 Å². The van der Waals surface area contributed by atoms with Gasteiger partial charge in [0.15, 0.2) is 0 Å². The molecular weight excluding hydrogens is 425 g/mol. The number of aromatic nitrogens is 1. The highest BCUT2D eigenvalue weighted by atomic mass is 32.1. The fourth-order valence-electron chi connectivity index (χ4n) is 3.51. The molecule has 3 aromatic rings. The van der Waals surface area contributed by atoms with Crippen molar-refractivity contribution < 1.29 is 14.0 Å². The molecule has 1 saturated heterocycles. The Hall–Kier alpha value is -3.50. The molecule has 2 heterocycles. The van der Waals surface area contributed by atoms with Gasteiger partial charge in [-0.15, -0.1) is 11.3 Å². The third kappa shape index (κ3) is 5.59. The normalized spacial score (nSPS) is 13.8. The number of rotatable bonds is 4. The van der Waals surface area contributed by atoms with E-state index in [1.807, 2.05) is 30.3 Å². The van der Waals surface area contributed by atoms with Crippen LogP contribution in [0, 0.1) is 17.7 Å². The predicted octanol–water partition coefficient (Wildman–Crippen LogP) is 3.97. The standard InChI is InChI=1S/C25H22FN3O2S/c26-21-9-6-19(7-10-21)16-27-24(31)22-17-32-25(28-22)20-12-14-29(15-13-20)23(30)11-8-18-4-2-1-3-5-18/h1-7,9-10,17,20H,12-16H2,(H,27,31). The molecule has 2 aromatic carbocycles. The lowest BCUT2D eigenvalue weighted by Gasteiger charge is -2.29. The van der Waals surface area contributed by atoms with Gasteiger partial charge in [-0.1, -0.05) is 36.3 Å². The molecule has 1 N–H and O–H groups in total. The molecule has 1 fully saturated rings. The number of carbonyl (C=O) groups is 2. The fraction of sp³-hybridized carbons (Fsp3) is 0.240. The average molecular weight is 448 g/mol. The number of nitrogens with zero attached hydrogens (tertiary/aromatic N) is 2. The molecule has 5 nitrogen and oxygen atoms in total. The van der Waals surface area contributed by atoms with Crippen LogP contribution in [-0.2, 0) is 11.3 Å². The number of carbonyl (C=O) groups excluding carboxylic acids is 2. The van der Waals surface area contributed by atoms with Crippen LogP contribution in [0.15, 0.2) is 60.0 Å². The highest BCUT2D eigenvalue weighted by Crippen LogP contribution is 2.30. The van der Waals surface area contributed by atoms with Crippen LogP contribution in [0.1, 0.15) is 45.4 Å². The first-order valence-corrected chi connectivity index (χ1v) is 11.3.